The average molecular weight is 273 g/mol. The first-order chi connectivity index (χ1) is 9.79. The number of fused-ring (bicyclic) bond motifs is 1. The Labute approximate surface area is 122 Å². The maximum absolute atomic E-state index is 4.56. The standard InChI is InChI=1S/C17H27N3/c1-3-13-9-10-15(12(13)2)20-17-14-7-5-4-6-8-16(14)18-11-19-17/h11-13,15H,3-10H2,1-2H3,(H,18,19,20). The number of aryl methyl sites for hydroxylation is 1. The van der Waals surface area contributed by atoms with Crippen LogP contribution in [0.15, 0.2) is 6.33 Å². The van der Waals surface area contributed by atoms with Crippen molar-refractivity contribution in [3.63, 3.8) is 0 Å². The van der Waals surface area contributed by atoms with Crippen molar-refractivity contribution in [2.75, 3.05) is 5.32 Å². The molecule has 110 valence electrons. The molecule has 1 fully saturated rings. The third kappa shape index (κ3) is 2.68. The van der Waals surface area contributed by atoms with Gasteiger partial charge in [0.15, 0.2) is 0 Å². The number of nitrogens with one attached hydrogen (secondary N) is 1. The predicted octanol–water partition coefficient (Wildman–Crippen LogP) is 3.98. The first kappa shape index (κ1) is 13.8. The quantitative estimate of drug-likeness (QED) is 0.846. The molecule has 0 saturated heterocycles. The molecule has 3 unspecified atom stereocenters. The van der Waals surface area contributed by atoms with Crippen molar-refractivity contribution in [1.29, 1.82) is 0 Å². The second-order valence-corrected chi connectivity index (χ2v) is 6.56. The van der Waals surface area contributed by atoms with Crippen LogP contribution < -0.4 is 5.32 Å². The smallest absolute Gasteiger partial charge is 0.133 e. The van der Waals surface area contributed by atoms with E-state index in [1.807, 2.05) is 0 Å². The molecular weight excluding hydrogens is 246 g/mol. The van der Waals surface area contributed by atoms with Gasteiger partial charge in [-0.05, 0) is 50.4 Å². The minimum Gasteiger partial charge on any atom is -0.367 e. The SMILES string of the molecule is CCC1CCC(Nc2ncnc3c2CCCCC3)C1C. The molecule has 3 heteroatoms. The van der Waals surface area contributed by atoms with Gasteiger partial charge in [-0.15, -0.1) is 0 Å². The Balaban J connectivity index is 1.78. The molecule has 1 saturated carbocycles. The van der Waals surface area contributed by atoms with Crippen molar-refractivity contribution in [2.45, 2.75) is 71.3 Å². The largest absolute Gasteiger partial charge is 0.367 e. The normalized spacial score (nSPS) is 29.8. The molecule has 2 aliphatic carbocycles. The lowest BCUT2D eigenvalue weighted by molar-refractivity contribution is 0.391. The van der Waals surface area contributed by atoms with E-state index in [9.17, 15) is 0 Å². The molecule has 3 rings (SSSR count). The molecule has 0 amide bonds. The van der Waals surface area contributed by atoms with E-state index in [2.05, 4.69) is 29.1 Å². The lowest BCUT2D eigenvalue weighted by atomic mass is 9.93. The molecular formula is C17H27N3. The van der Waals surface area contributed by atoms with Gasteiger partial charge in [0.2, 0.25) is 0 Å². The summed E-state index contributed by atoms with van der Waals surface area (Å²) in [6.45, 7) is 4.72. The summed E-state index contributed by atoms with van der Waals surface area (Å²) in [4.78, 5) is 9.07. The molecule has 1 aromatic rings. The van der Waals surface area contributed by atoms with E-state index in [-0.39, 0.29) is 0 Å². The van der Waals surface area contributed by atoms with Gasteiger partial charge >= 0.3 is 0 Å². The summed E-state index contributed by atoms with van der Waals surface area (Å²) in [5.41, 5.74) is 2.69. The van der Waals surface area contributed by atoms with Crippen LogP contribution in [-0.4, -0.2) is 16.0 Å². The fourth-order valence-electron chi connectivity index (χ4n) is 4.03. The van der Waals surface area contributed by atoms with Crippen molar-refractivity contribution in [2.24, 2.45) is 11.8 Å². The molecule has 0 radical (unpaired) electrons. The molecule has 1 N–H and O–H groups in total. The highest BCUT2D eigenvalue weighted by molar-refractivity contribution is 5.47. The van der Waals surface area contributed by atoms with Crippen molar-refractivity contribution in [3.05, 3.63) is 17.6 Å². The molecule has 0 aliphatic heterocycles. The van der Waals surface area contributed by atoms with E-state index in [1.165, 1.54) is 49.8 Å². The molecule has 2 aliphatic rings. The summed E-state index contributed by atoms with van der Waals surface area (Å²) in [6.07, 6.45) is 11.9. The molecule has 0 bridgehead atoms. The van der Waals surface area contributed by atoms with Crippen molar-refractivity contribution in [3.8, 4) is 0 Å². The number of nitrogens with zero attached hydrogens (tertiary/aromatic N) is 2. The van der Waals surface area contributed by atoms with Gasteiger partial charge in [-0.3, -0.25) is 0 Å². The van der Waals surface area contributed by atoms with E-state index in [0.29, 0.717) is 6.04 Å². The average Bonchev–Trinajstić information content (AvgIpc) is 2.67. The Morgan fingerprint density at radius 1 is 1.15 bits per heavy atom. The van der Waals surface area contributed by atoms with Gasteiger partial charge in [0, 0.05) is 17.3 Å². The van der Waals surface area contributed by atoms with E-state index in [0.717, 1.165) is 30.5 Å². The Bertz CT molecular complexity index is 458. The number of anilines is 1. The summed E-state index contributed by atoms with van der Waals surface area (Å²) < 4.78 is 0. The van der Waals surface area contributed by atoms with Gasteiger partial charge in [0.05, 0.1) is 0 Å². The van der Waals surface area contributed by atoms with Crippen LogP contribution in [0.3, 0.4) is 0 Å². The van der Waals surface area contributed by atoms with Crippen molar-refractivity contribution >= 4 is 5.82 Å². The van der Waals surface area contributed by atoms with E-state index >= 15 is 0 Å². The van der Waals surface area contributed by atoms with Gasteiger partial charge < -0.3 is 5.32 Å². The molecule has 0 aromatic carbocycles. The molecule has 3 atom stereocenters. The highest BCUT2D eigenvalue weighted by atomic mass is 15.0. The highest BCUT2D eigenvalue weighted by Gasteiger charge is 2.32. The van der Waals surface area contributed by atoms with Crippen LogP contribution in [0.25, 0.3) is 0 Å². The first-order valence-corrected chi connectivity index (χ1v) is 8.39. The monoisotopic (exact) mass is 273 g/mol. The maximum Gasteiger partial charge on any atom is 0.133 e. The van der Waals surface area contributed by atoms with Crippen LogP contribution in [0, 0.1) is 11.8 Å². The Hall–Kier alpha value is -1.12. The van der Waals surface area contributed by atoms with Crippen molar-refractivity contribution < 1.29 is 0 Å². The third-order valence-electron chi connectivity index (χ3n) is 5.45. The second kappa shape index (κ2) is 6.11. The van der Waals surface area contributed by atoms with Crippen LogP contribution in [0.1, 0.15) is 63.6 Å². The molecule has 1 heterocycles. The summed E-state index contributed by atoms with van der Waals surface area (Å²) >= 11 is 0. The van der Waals surface area contributed by atoms with E-state index < -0.39 is 0 Å². The van der Waals surface area contributed by atoms with Crippen LogP contribution >= 0.6 is 0 Å². The van der Waals surface area contributed by atoms with E-state index in [1.54, 1.807) is 6.33 Å². The van der Waals surface area contributed by atoms with Crippen LogP contribution in [0.5, 0.6) is 0 Å². The predicted molar refractivity (Wildman–Crippen MR) is 82.9 cm³/mol. The van der Waals surface area contributed by atoms with Crippen LogP contribution in [0.4, 0.5) is 5.82 Å². The van der Waals surface area contributed by atoms with Crippen molar-refractivity contribution in [1.82, 2.24) is 9.97 Å². The fraction of sp³-hybridized carbons (Fsp3) is 0.765. The Kier molecular flexibility index (Phi) is 4.23. The Morgan fingerprint density at radius 3 is 2.80 bits per heavy atom. The van der Waals surface area contributed by atoms with Crippen LogP contribution in [0.2, 0.25) is 0 Å². The molecule has 20 heavy (non-hydrogen) atoms. The van der Waals surface area contributed by atoms with E-state index in [4.69, 9.17) is 0 Å². The zero-order chi connectivity index (χ0) is 13.9. The van der Waals surface area contributed by atoms with Gasteiger partial charge in [0.1, 0.15) is 12.1 Å². The first-order valence-electron chi connectivity index (χ1n) is 8.39. The lowest BCUT2D eigenvalue weighted by Gasteiger charge is -2.23. The number of hydrogen-bond donors (Lipinski definition) is 1. The number of aromatic nitrogens is 2. The zero-order valence-corrected chi connectivity index (χ0v) is 12.9. The molecule has 0 spiro atoms. The fourth-order valence-corrected chi connectivity index (χ4v) is 4.03. The maximum atomic E-state index is 4.56. The van der Waals surface area contributed by atoms with Gasteiger partial charge in [-0.25, -0.2) is 9.97 Å². The minimum absolute atomic E-state index is 0.599. The summed E-state index contributed by atoms with van der Waals surface area (Å²) in [5.74, 6) is 2.77. The number of hydrogen-bond acceptors (Lipinski definition) is 3. The van der Waals surface area contributed by atoms with Gasteiger partial charge in [-0.2, -0.15) is 0 Å². The van der Waals surface area contributed by atoms with Crippen LogP contribution in [-0.2, 0) is 12.8 Å². The second-order valence-electron chi connectivity index (χ2n) is 6.56. The van der Waals surface area contributed by atoms with Gasteiger partial charge in [-0.1, -0.05) is 26.7 Å². The zero-order valence-electron chi connectivity index (χ0n) is 12.9. The minimum atomic E-state index is 0.599. The molecule has 3 nitrogen and oxygen atoms in total. The summed E-state index contributed by atoms with van der Waals surface area (Å²) in [6, 6.07) is 0.599. The molecule has 1 aromatic heterocycles. The topological polar surface area (TPSA) is 37.8 Å². The number of rotatable bonds is 3. The summed E-state index contributed by atoms with van der Waals surface area (Å²) in [7, 11) is 0. The summed E-state index contributed by atoms with van der Waals surface area (Å²) in [5, 5.41) is 3.76. The van der Waals surface area contributed by atoms with Gasteiger partial charge in [0.25, 0.3) is 0 Å². The Morgan fingerprint density at radius 2 is 2.00 bits per heavy atom. The highest BCUT2D eigenvalue weighted by Crippen LogP contribution is 2.36. The lowest BCUT2D eigenvalue weighted by Crippen LogP contribution is -2.26. The third-order valence-corrected chi connectivity index (χ3v) is 5.45.